The zero-order valence-electron chi connectivity index (χ0n) is 8.76. The van der Waals surface area contributed by atoms with Gasteiger partial charge in [0.2, 0.25) is 0 Å². The summed E-state index contributed by atoms with van der Waals surface area (Å²) in [5.74, 6) is 0. The Hall–Kier alpha value is -0.630. The summed E-state index contributed by atoms with van der Waals surface area (Å²) in [5.41, 5.74) is 0. The van der Waals surface area contributed by atoms with Crippen LogP contribution in [0.5, 0.6) is 0 Å². The maximum atomic E-state index is 12.2. The Morgan fingerprint density at radius 3 is 2.56 bits per heavy atom. The molecule has 0 radical (unpaired) electrons. The summed E-state index contributed by atoms with van der Waals surface area (Å²) in [6.45, 7) is 1.52. The number of ether oxygens (including phenoxy) is 1. The van der Waals surface area contributed by atoms with Crippen LogP contribution in [0.15, 0.2) is 11.2 Å². The topological polar surface area (TPSA) is 64.4 Å². The molecule has 1 aliphatic heterocycles. The number of aromatic nitrogens is 2. The van der Waals surface area contributed by atoms with Crippen molar-refractivity contribution >= 4 is 21.6 Å². The van der Waals surface area contributed by atoms with Crippen molar-refractivity contribution in [2.45, 2.75) is 5.03 Å². The molecule has 0 atom stereocenters. The molecule has 1 fully saturated rings. The Morgan fingerprint density at radius 2 is 2.06 bits per heavy atom. The van der Waals surface area contributed by atoms with E-state index >= 15 is 0 Å². The molecule has 0 aromatic carbocycles. The van der Waals surface area contributed by atoms with Crippen molar-refractivity contribution < 1.29 is 13.2 Å². The molecule has 1 aliphatic rings. The summed E-state index contributed by atoms with van der Waals surface area (Å²) >= 11 is 5.83. The Balaban J connectivity index is 2.38. The molecule has 0 saturated carbocycles. The van der Waals surface area contributed by atoms with E-state index in [9.17, 15) is 8.42 Å². The van der Waals surface area contributed by atoms with Crippen LogP contribution in [0.3, 0.4) is 0 Å². The van der Waals surface area contributed by atoms with Gasteiger partial charge in [-0.3, -0.25) is 4.68 Å². The lowest BCUT2D eigenvalue weighted by molar-refractivity contribution is 0.0728. The van der Waals surface area contributed by atoms with Crippen molar-refractivity contribution in [3.63, 3.8) is 0 Å². The molecule has 1 saturated heterocycles. The lowest BCUT2D eigenvalue weighted by Gasteiger charge is -2.25. The van der Waals surface area contributed by atoms with Crippen LogP contribution in [-0.2, 0) is 21.8 Å². The third-order valence-corrected chi connectivity index (χ3v) is 4.80. The molecule has 0 bridgehead atoms. The van der Waals surface area contributed by atoms with E-state index in [0.29, 0.717) is 26.3 Å². The highest BCUT2D eigenvalue weighted by Crippen LogP contribution is 2.23. The molecule has 6 nitrogen and oxygen atoms in total. The predicted octanol–water partition coefficient (Wildman–Crippen LogP) is 0.0944. The monoisotopic (exact) mass is 265 g/mol. The first-order valence-corrected chi connectivity index (χ1v) is 6.60. The van der Waals surface area contributed by atoms with Gasteiger partial charge in [0.15, 0.2) is 5.03 Å². The maximum absolute atomic E-state index is 12.2. The summed E-state index contributed by atoms with van der Waals surface area (Å²) < 4.78 is 32.2. The van der Waals surface area contributed by atoms with E-state index in [4.69, 9.17) is 16.3 Å². The molecular weight excluding hydrogens is 254 g/mol. The highest BCUT2D eigenvalue weighted by atomic mass is 35.5. The van der Waals surface area contributed by atoms with Crippen molar-refractivity contribution in [1.82, 2.24) is 14.1 Å². The fraction of sp³-hybridized carbons (Fsp3) is 0.625. The smallest absolute Gasteiger partial charge is 0.261 e. The highest BCUT2D eigenvalue weighted by molar-refractivity contribution is 7.89. The third-order valence-electron chi connectivity index (χ3n) is 2.40. The Bertz CT molecular complexity index is 459. The first-order valence-electron chi connectivity index (χ1n) is 4.79. The van der Waals surface area contributed by atoms with E-state index in [1.54, 1.807) is 7.05 Å². The van der Waals surface area contributed by atoms with E-state index in [1.807, 2.05) is 0 Å². The summed E-state index contributed by atoms with van der Waals surface area (Å²) in [6, 6.07) is 0. The van der Waals surface area contributed by atoms with Crippen LogP contribution in [0.25, 0.3) is 0 Å². The average Bonchev–Trinajstić information content (AvgIpc) is 2.60. The first-order chi connectivity index (χ1) is 7.53. The summed E-state index contributed by atoms with van der Waals surface area (Å²) in [5, 5.41) is 4.01. The zero-order chi connectivity index (χ0) is 11.8. The maximum Gasteiger partial charge on any atom is 0.261 e. The van der Waals surface area contributed by atoms with E-state index in [2.05, 4.69) is 5.10 Å². The fourth-order valence-corrected chi connectivity index (χ4v) is 3.61. The molecule has 0 N–H and O–H groups in total. The van der Waals surface area contributed by atoms with Gasteiger partial charge in [-0.2, -0.15) is 9.40 Å². The van der Waals surface area contributed by atoms with Gasteiger partial charge in [-0.05, 0) is 0 Å². The normalized spacial score (nSPS) is 18.9. The Kier molecular flexibility index (Phi) is 3.20. The molecule has 8 heteroatoms. The van der Waals surface area contributed by atoms with E-state index in [1.165, 1.54) is 15.2 Å². The molecule has 16 heavy (non-hydrogen) atoms. The van der Waals surface area contributed by atoms with E-state index in [-0.39, 0.29) is 10.0 Å². The second kappa shape index (κ2) is 4.33. The number of hydrogen-bond donors (Lipinski definition) is 0. The summed E-state index contributed by atoms with van der Waals surface area (Å²) in [6.07, 6.45) is 1.33. The van der Waals surface area contributed by atoms with Gasteiger partial charge in [-0.25, -0.2) is 8.42 Å². The molecule has 2 rings (SSSR count). The van der Waals surface area contributed by atoms with Crippen LogP contribution < -0.4 is 0 Å². The first kappa shape index (κ1) is 11.8. The second-order valence-electron chi connectivity index (χ2n) is 3.44. The van der Waals surface area contributed by atoms with Crippen LogP contribution in [0.2, 0.25) is 5.02 Å². The van der Waals surface area contributed by atoms with Crippen molar-refractivity contribution in [3.05, 3.63) is 11.2 Å². The molecule has 2 heterocycles. The standard InChI is InChI=1S/C8H12ClN3O3S/c1-11-8(7(9)6-10-11)16(13,14)12-2-4-15-5-3-12/h6H,2-5H2,1H3. The number of sulfonamides is 1. The summed E-state index contributed by atoms with van der Waals surface area (Å²) in [4.78, 5) is 0. The zero-order valence-corrected chi connectivity index (χ0v) is 10.3. The van der Waals surface area contributed by atoms with Crippen LogP contribution in [0.4, 0.5) is 0 Å². The van der Waals surface area contributed by atoms with Gasteiger partial charge in [0.1, 0.15) is 0 Å². The summed E-state index contributed by atoms with van der Waals surface area (Å²) in [7, 11) is -2.00. The number of hydrogen-bond acceptors (Lipinski definition) is 4. The van der Waals surface area contributed by atoms with Gasteiger partial charge in [0, 0.05) is 20.1 Å². The Morgan fingerprint density at radius 1 is 1.44 bits per heavy atom. The van der Waals surface area contributed by atoms with E-state index in [0.717, 1.165) is 0 Å². The van der Waals surface area contributed by atoms with Crippen molar-refractivity contribution in [2.75, 3.05) is 26.3 Å². The van der Waals surface area contributed by atoms with Gasteiger partial charge >= 0.3 is 0 Å². The highest BCUT2D eigenvalue weighted by Gasteiger charge is 2.31. The molecular formula is C8H12ClN3O3S. The van der Waals surface area contributed by atoms with Gasteiger partial charge in [-0.1, -0.05) is 11.6 Å². The average molecular weight is 266 g/mol. The molecule has 90 valence electrons. The predicted molar refractivity (Wildman–Crippen MR) is 57.8 cm³/mol. The third kappa shape index (κ3) is 1.95. The molecule has 0 unspecified atom stereocenters. The van der Waals surface area contributed by atoms with Crippen LogP contribution in [0.1, 0.15) is 0 Å². The number of rotatable bonds is 2. The van der Waals surface area contributed by atoms with Crippen molar-refractivity contribution in [3.8, 4) is 0 Å². The second-order valence-corrected chi connectivity index (χ2v) is 5.70. The van der Waals surface area contributed by atoms with Gasteiger partial charge in [0.05, 0.1) is 24.4 Å². The Labute approximate surface area is 98.8 Å². The largest absolute Gasteiger partial charge is 0.379 e. The molecule has 1 aromatic rings. The van der Waals surface area contributed by atoms with Crippen molar-refractivity contribution in [2.24, 2.45) is 7.05 Å². The molecule has 0 spiro atoms. The molecule has 0 amide bonds. The van der Waals surface area contributed by atoms with Crippen LogP contribution >= 0.6 is 11.6 Å². The lowest BCUT2D eigenvalue weighted by atomic mass is 10.5. The number of aryl methyl sites for hydroxylation is 1. The van der Waals surface area contributed by atoms with Gasteiger partial charge < -0.3 is 4.74 Å². The minimum atomic E-state index is -3.56. The number of morpholine rings is 1. The van der Waals surface area contributed by atoms with Crippen LogP contribution in [-0.4, -0.2) is 48.8 Å². The minimum absolute atomic E-state index is 0.0380. The lowest BCUT2D eigenvalue weighted by Crippen LogP contribution is -2.41. The minimum Gasteiger partial charge on any atom is -0.379 e. The van der Waals surface area contributed by atoms with Crippen molar-refractivity contribution in [1.29, 1.82) is 0 Å². The van der Waals surface area contributed by atoms with Gasteiger partial charge in [-0.15, -0.1) is 0 Å². The molecule has 1 aromatic heterocycles. The van der Waals surface area contributed by atoms with Gasteiger partial charge in [0.25, 0.3) is 10.0 Å². The SMILES string of the molecule is Cn1ncc(Cl)c1S(=O)(=O)N1CCOCC1. The molecule has 0 aliphatic carbocycles. The quantitative estimate of drug-likeness (QED) is 0.761. The van der Waals surface area contributed by atoms with E-state index < -0.39 is 10.0 Å². The fourth-order valence-electron chi connectivity index (χ4n) is 1.60. The number of halogens is 1. The number of nitrogens with zero attached hydrogens (tertiary/aromatic N) is 3. The van der Waals surface area contributed by atoms with Crippen LogP contribution in [0, 0.1) is 0 Å².